The molecular formula is C21H31N3O. The van der Waals surface area contributed by atoms with E-state index in [1.165, 1.54) is 25.1 Å². The van der Waals surface area contributed by atoms with E-state index < -0.39 is 0 Å². The van der Waals surface area contributed by atoms with Gasteiger partial charge in [0, 0.05) is 57.3 Å². The van der Waals surface area contributed by atoms with Crippen molar-refractivity contribution in [2.75, 3.05) is 39.3 Å². The number of likely N-dealkylation sites (tertiary alicyclic amines) is 1. The number of amides is 1. The summed E-state index contributed by atoms with van der Waals surface area (Å²) in [5.74, 6) is 0.437. The van der Waals surface area contributed by atoms with Gasteiger partial charge in [-0.05, 0) is 31.2 Å². The zero-order valence-corrected chi connectivity index (χ0v) is 15.5. The molecule has 2 saturated heterocycles. The summed E-state index contributed by atoms with van der Waals surface area (Å²) in [5, 5.41) is 0. The predicted molar refractivity (Wildman–Crippen MR) is 100 cm³/mol. The summed E-state index contributed by atoms with van der Waals surface area (Å²) in [6.45, 7) is 9.55. The van der Waals surface area contributed by atoms with Gasteiger partial charge in [-0.3, -0.25) is 14.6 Å². The van der Waals surface area contributed by atoms with E-state index in [1.807, 2.05) is 0 Å². The number of hydrogen-bond acceptors (Lipinski definition) is 3. The van der Waals surface area contributed by atoms with Crippen LogP contribution in [0.1, 0.15) is 38.2 Å². The lowest BCUT2D eigenvalue weighted by atomic mass is 10.0. The second kappa shape index (κ2) is 7.08. The van der Waals surface area contributed by atoms with Crippen molar-refractivity contribution in [3.8, 4) is 0 Å². The first-order chi connectivity index (χ1) is 12.2. The summed E-state index contributed by atoms with van der Waals surface area (Å²) in [5.41, 5.74) is 1.44. The van der Waals surface area contributed by atoms with Gasteiger partial charge < -0.3 is 4.90 Å². The third-order valence-electron chi connectivity index (χ3n) is 6.60. The second-order valence-corrected chi connectivity index (χ2v) is 8.13. The lowest BCUT2D eigenvalue weighted by Crippen LogP contribution is -2.53. The van der Waals surface area contributed by atoms with Crippen LogP contribution in [0, 0.1) is 5.41 Å². The molecule has 2 aliphatic heterocycles. The Bertz CT molecular complexity index is 590. The van der Waals surface area contributed by atoms with E-state index in [9.17, 15) is 4.79 Å². The summed E-state index contributed by atoms with van der Waals surface area (Å²) in [6, 6.07) is 11.5. The quantitative estimate of drug-likeness (QED) is 0.824. The number of benzene rings is 1. The fourth-order valence-electron chi connectivity index (χ4n) is 4.59. The van der Waals surface area contributed by atoms with Crippen LogP contribution in [0.25, 0.3) is 0 Å². The van der Waals surface area contributed by atoms with E-state index in [4.69, 9.17) is 0 Å². The van der Waals surface area contributed by atoms with Gasteiger partial charge in [-0.25, -0.2) is 0 Å². The lowest BCUT2D eigenvalue weighted by Gasteiger charge is -2.39. The van der Waals surface area contributed by atoms with Crippen molar-refractivity contribution in [3.63, 3.8) is 0 Å². The summed E-state index contributed by atoms with van der Waals surface area (Å²) in [6.07, 6.45) is 4.50. The van der Waals surface area contributed by atoms with Gasteiger partial charge in [0.25, 0.3) is 0 Å². The molecule has 0 bridgehead atoms. The molecule has 0 aromatic heterocycles. The van der Waals surface area contributed by atoms with Gasteiger partial charge in [0.2, 0.25) is 5.91 Å². The standard InChI is InChI=1S/C21H31N3O/c1-2-21(9-10-21)20(25)24-14-12-23(13-15-24)19-8-11-22(17-19)16-18-6-4-3-5-7-18/h3-7,19H,2,8-17H2,1H3. The minimum atomic E-state index is 0.0298. The highest BCUT2D eigenvalue weighted by Crippen LogP contribution is 2.50. The number of hydrogen-bond donors (Lipinski definition) is 0. The van der Waals surface area contributed by atoms with Crippen LogP contribution in [0.3, 0.4) is 0 Å². The third-order valence-corrected chi connectivity index (χ3v) is 6.60. The van der Waals surface area contributed by atoms with Crippen molar-refractivity contribution in [1.82, 2.24) is 14.7 Å². The van der Waals surface area contributed by atoms with E-state index in [1.54, 1.807) is 0 Å². The molecular weight excluding hydrogens is 310 g/mol. The normalized spacial score (nSPS) is 26.8. The van der Waals surface area contributed by atoms with Crippen molar-refractivity contribution in [3.05, 3.63) is 35.9 Å². The smallest absolute Gasteiger partial charge is 0.228 e. The van der Waals surface area contributed by atoms with Crippen molar-refractivity contribution >= 4 is 5.91 Å². The molecule has 2 heterocycles. The Balaban J connectivity index is 1.25. The fourth-order valence-corrected chi connectivity index (χ4v) is 4.59. The van der Waals surface area contributed by atoms with E-state index in [0.717, 1.165) is 52.0 Å². The van der Waals surface area contributed by atoms with Crippen molar-refractivity contribution in [2.24, 2.45) is 5.41 Å². The number of rotatable bonds is 5. The predicted octanol–water partition coefficient (Wildman–Crippen LogP) is 2.60. The molecule has 25 heavy (non-hydrogen) atoms. The van der Waals surface area contributed by atoms with Crippen LogP contribution in [0.5, 0.6) is 0 Å². The maximum atomic E-state index is 12.7. The molecule has 3 aliphatic rings. The molecule has 1 atom stereocenters. The van der Waals surface area contributed by atoms with Crippen LogP contribution in [0.2, 0.25) is 0 Å². The van der Waals surface area contributed by atoms with E-state index in [-0.39, 0.29) is 5.41 Å². The molecule has 0 radical (unpaired) electrons. The largest absolute Gasteiger partial charge is 0.340 e. The van der Waals surface area contributed by atoms with Gasteiger partial charge in [-0.15, -0.1) is 0 Å². The summed E-state index contributed by atoms with van der Waals surface area (Å²) < 4.78 is 0. The Labute approximate surface area is 151 Å². The summed E-state index contributed by atoms with van der Waals surface area (Å²) in [7, 11) is 0. The maximum Gasteiger partial charge on any atom is 0.228 e. The Morgan fingerprint density at radius 2 is 1.80 bits per heavy atom. The van der Waals surface area contributed by atoms with Gasteiger partial charge in [-0.2, -0.15) is 0 Å². The first-order valence-corrected chi connectivity index (χ1v) is 10.00. The highest BCUT2D eigenvalue weighted by molar-refractivity contribution is 5.85. The zero-order chi connectivity index (χ0) is 17.3. The monoisotopic (exact) mass is 341 g/mol. The number of carbonyl (C=O) groups excluding carboxylic acids is 1. The Hall–Kier alpha value is -1.39. The Morgan fingerprint density at radius 1 is 1.08 bits per heavy atom. The lowest BCUT2D eigenvalue weighted by molar-refractivity contribution is -0.139. The minimum absolute atomic E-state index is 0.0298. The fraction of sp³-hybridized carbons (Fsp3) is 0.667. The highest BCUT2D eigenvalue weighted by Gasteiger charge is 2.50. The first kappa shape index (κ1) is 17.0. The SMILES string of the molecule is CCC1(C(=O)N2CCN(C3CCN(Cc4ccccc4)C3)CC2)CC1. The number of piperazine rings is 1. The van der Waals surface area contributed by atoms with Crippen LogP contribution in [-0.2, 0) is 11.3 Å². The van der Waals surface area contributed by atoms with Crippen molar-refractivity contribution in [1.29, 1.82) is 0 Å². The number of nitrogens with zero attached hydrogens (tertiary/aromatic N) is 3. The molecule has 4 nitrogen and oxygen atoms in total. The molecule has 0 N–H and O–H groups in total. The molecule has 136 valence electrons. The van der Waals surface area contributed by atoms with Gasteiger partial charge in [0.1, 0.15) is 0 Å². The molecule has 1 aliphatic carbocycles. The maximum absolute atomic E-state index is 12.7. The molecule has 1 amide bonds. The van der Waals surface area contributed by atoms with Crippen molar-refractivity contribution < 1.29 is 4.79 Å². The van der Waals surface area contributed by atoms with Gasteiger partial charge in [0.15, 0.2) is 0 Å². The molecule has 3 fully saturated rings. The van der Waals surface area contributed by atoms with Gasteiger partial charge in [0.05, 0.1) is 0 Å². The summed E-state index contributed by atoms with van der Waals surface area (Å²) in [4.78, 5) is 20.0. The van der Waals surface area contributed by atoms with Crippen molar-refractivity contribution in [2.45, 2.75) is 45.2 Å². The third kappa shape index (κ3) is 3.61. The molecule has 1 aromatic rings. The van der Waals surface area contributed by atoms with Crippen LogP contribution < -0.4 is 0 Å². The Morgan fingerprint density at radius 3 is 2.44 bits per heavy atom. The molecule has 4 rings (SSSR count). The van der Waals surface area contributed by atoms with E-state index in [0.29, 0.717) is 11.9 Å². The molecule has 1 unspecified atom stereocenters. The number of carbonyl (C=O) groups is 1. The second-order valence-electron chi connectivity index (χ2n) is 8.13. The zero-order valence-electron chi connectivity index (χ0n) is 15.5. The van der Waals surface area contributed by atoms with E-state index in [2.05, 4.69) is 52.0 Å². The first-order valence-electron chi connectivity index (χ1n) is 10.00. The molecule has 1 aromatic carbocycles. The topological polar surface area (TPSA) is 26.8 Å². The van der Waals surface area contributed by atoms with Gasteiger partial charge in [-0.1, -0.05) is 37.3 Å². The average Bonchev–Trinajstić information content (AvgIpc) is 3.34. The molecule has 0 spiro atoms. The van der Waals surface area contributed by atoms with Crippen LogP contribution in [0.4, 0.5) is 0 Å². The van der Waals surface area contributed by atoms with Crippen LogP contribution in [-0.4, -0.2) is 65.9 Å². The average molecular weight is 341 g/mol. The molecule has 1 saturated carbocycles. The summed E-state index contributed by atoms with van der Waals surface area (Å²) >= 11 is 0. The van der Waals surface area contributed by atoms with Crippen LogP contribution >= 0.6 is 0 Å². The van der Waals surface area contributed by atoms with E-state index >= 15 is 0 Å². The van der Waals surface area contributed by atoms with Gasteiger partial charge >= 0.3 is 0 Å². The van der Waals surface area contributed by atoms with Crippen LogP contribution in [0.15, 0.2) is 30.3 Å². The Kier molecular flexibility index (Phi) is 4.83. The highest BCUT2D eigenvalue weighted by atomic mass is 16.2. The minimum Gasteiger partial charge on any atom is -0.340 e. The molecule has 4 heteroatoms.